The topological polar surface area (TPSA) is 123 Å². The van der Waals surface area contributed by atoms with Gasteiger partial charge in [0.05, 0.1) is 25.0 Å². The Morgan fingerprint density at radius 1 is 0.974 bits per heavy atom. The first kappa shape index (κ1) is 29.4. The number of nitrogens with zero attached hydrogens (tertiary/aromatic N) is 2. The van der Waals surface area contributed by atoms with Crippen molar-refractivity contribution in [2.75, 3.05) is 18.6 Å². The molecule has 0 aliphatic rings. The molecule has 202 valence electrons. The Labute approximate surface area is 230 Å². The molecule has 2 amide bonds. The highest BCUT2D eigenvalue weighted by atomic mass is 16.5. The summed E-state index contributed by atoms with van der Waals surface area (Å²) in [5.74, 6) is -1.92. The number of carbonyl (C=O) groups excluding carboxylic acids is 2. The molecule has 0 spiro atoms. The van der Waals surface area contributed by atoms with Crippen molar-refractivity contribution in [3.05, 3.63) is 96.1 Å². The summed E-state index contributed by atoms with van der Waals surface area (Å²) in [6.07, 6.45) is 0.827. The third kappa shape index (κ3) is 8.99. The summed E-state index contributed by atoms with van der Waals surface area (Å²) in [4.78, 5) is 26.9. The van der Waals surface area contributed by atoms with Gasteiger partial charge in [-0.2, -0.15) is 5.26 Å². The summed E-state index contributed by atoms with van der Waals surface area (Å²) in [6.45, 7) is 1.98. The monoisotopic (exact) mass is 527 g/mol. The van der Waals surface area contributed by atoms with E-state index in [1.165, 1.54) is 4.90 Å². The SMILES string of the molecule is CC(Cc1cccc(OCCC(=O)N[C@@H](Cc2ccccc2)B(O)O)c1)C(C#N)C(=O)N(C)c1ccccc1. The second-order valence-corrected chi connectivity index (χ2v) is 9.54. The summed E-state index contributed by atoms with van der Waals surface area (Å²) < 4.78 is 5.76. The molecule has 3 rings (SSSR count). The summed E-state index contributed by atoms with van der Waals surface area (Å²) in [5.41, 5.74) is 2.52. The molecule has 0 aliphatic heterocycles. The van der Waals surface area contributed by atoms with Crippen LogP contribution in [0.2, 0.25) is 0 Å². The van der Waals surface area contributed by atoms with Crippen molar-refractivity contribution in [3.8, 4) is 11.8 Å². The highest BCUT2D eigenvalue weighted by molar-refractivity contribution is 6.43. The van der Waals surface area contributed by atoms with Crippen LogP contribution in [0, 0.1) is 23.2 Å². The molecule has 0 aliphatic carbocycles. The smallest absolute Gasteiger partial charge is 0.475 e. The van der Waals surface area contributed by atoms with E-state index >= 15 is 0 Å². The molecule has 3 aromatic rings. The van der Waals surface area contributed by atoms with E-state index in [1.807, 2.05) is 85.8 Å². The number of para-hydroxylation sites is 1. The second kappa shape index (κ2) is 14.7. The lowest BCUT2D eigenvalue weighted by Crippen LogP contribution is -2.48. The van der Waals surface area contributed by atoms with Crippen LogP contribution in [0.3, 0.4) is 0 Å². The number of nitriles is 1. The molecule has 0 aromatic heterocycles. The van der Waals surface area contributed by atoms with E-state index in [1.54, 1.807) is 13.1 Å². The van der Waals surface area contributed by atoms with Crippen LogP contribution in [-0.2, 0) is 22.4 Å². The molecule has 3 N–H and O–H groups in total. The van der Waals surface area contributed by atoms with Crippen LogP contribution >= 0.6 is 0 Å². The zero-order chi connectivity index (χ0) is 28.2. The third-order valence-corrected chi connectivity index (χ3v) is 6.51. The molecule has 3 aromatic carbocycles. The molecule has 0 saturated carbocycles. The van der Waals surface area contributed by atoms with Crippen LogP contribution in [-0.4, -0.2) is 48.6 Å². The van der Waals surface area contributed by atoms with Crippen molar-refractivity contribution in [3.63, 3.8) is 0 Å². The lowest BCUT2D eigenvalue weighted by atomic mass is 9.76. The van der Waals surface area contributed by atoms with Crippen molar-refractivity contribution < 1.29 is 24.4 Å². The van der Waals surface area contributed by atoms with Gasteiger partial charge in [-0.3, -0.25) is 9.59 Å². The molecule has 9 heteroatoms. The van der Waals surface area contributed by atoms with Crippen molar-refractivity contribution in [1.29, 1.82) is 5.26 Å². The zero-order valence-corrected chi connectivity index (χ0v) is 22.2. The highest BCUT2D eigenvalue weighted by Crippen LogP contribution is 2.24. The van der Waals surface area contributed by atoms with Crippen LogP contribution in [0.15, 0.2) is 84.9 Å². The van der Waals surface area contributed by atoms with Gasteiger partial charge in [0, 0.05) is 12.7 Å². The van der Waals surface area contributed by atoms with Gasteiger partial charge >= 0.3 is 7.12 Å². The number of ether oxygens (including phenoxy) is 1. The van der Waals surface area contributed by atoms with Gasteiger partial charge in [-0.05, 0) is 54.2 Å². The molecule has 0 fully saturated rings. The van der Waals surface area contributed by atoms with Gasteiger partial charge in [-0.1, -0.05) is 67.6 Å². The minimum atomic E-state index is -1.69. The molecule has 0 saturated heterocycles. The van der Waals surface area contributed by atoms with Gasteiger partial charge in [-0.15, -0.1) is 0 Å². The van der Waals surface area contributed by atoms with E-state index in [2.05, 4.69) is 11.4 Å². The standard InChI is InChI=1S/C30H34BN3O5/c1-22(27(21-32)30(36)34(2)25-13-7-4-8-14-25)18-24-12-9-15-26(19-24)39-17-16-29(35)33-28(31(37)38)20-23-10-5-3-6-11-23/h3-15,19,22,27-28,37-38H,16-18,20H2,1-2H3,(H,33,35)/t22?,27?,28-/m0/s1. The molecule has 2 unspecified atom stereocenters. The van der Waals surface area contributed by atoms with Crippen molar-refractivity contribution in [2.24, 2.45) is 11.8 Å². The molecule has 3 atom stereocenters. The molecule has 0 heterocycles. The van der Waals surface area contributed by atoms with Crippen LogP contribution in [0.25, 0.3) is 0 Å². The average molecular weight is 527 g/mol. The van der Waals surface area contributed by atoms with Gasteiger partial charge in [-0.25, -0.2) is 0 Å². The van der Waals surface area contributed by atoms with Crippen molar-refractivity contribution in [2.45, 2.75) is 32.1 Å². The Morgan fingerprint density at radius 2 is 1.62 bits per heavy atom. The largest absolute Gasteiger partial charge is 0.493 e. The number of amides is 2. The Bertz CT molecular complexity index is 1250. The number of hydrogen-bond donors (Lipinski definition) is 3. The first-order valence-electron chi connectivity index (χ1n) is 12.9. The number of carbonyl (C=O) groups is 2. The predicted octanol–water partition coefficient (Wildman–Crippen LogP) is 3.18. The maximum atomic E-state index is 13.0. The Hall–Kier alpha value is -4.13. The van der Waals surface area contributed by atoms with E-state index in [0.29, 0.717) is 18.6 Å². The second-order valence-electron chi connectivity index (χ2n) is 9.54. The molecule has 39 heavy (non-hydrogen) atoms. The van der Waals surface area contributed by atoms with Gasteiger partial charge < -0.3 is 25.0 Å². The maximum absolute atomic E-state index is 13.0. The lowest BCUT2D eigenvalue weighted by Gasteiger charge is -2.24. The molecule has 0 bridgehead atoms. The number of anilines is 1. The molecular weight excluding hydrogens is 493 g/mol. The van der Waals surface area contributed by atoms with Gasteiger partial charge in [0.25, 0.3) is 0 Å². The average Bonchev–Trinajstić information content (AvgIpc) is 2.94. The maximum Gasteiger partial charge on any atom is 0.475 e. The number of nitrogens with one attached hydrogen (secondary N) is 1. The van der Waals surface area contributed by atoms with Gasteiger partial charge in [0.1, 0.15) is 11.7 Å². The van der Waals surface area contributed by atoms with Crippen LogP contribution in [0.4, 0.5) is 5.69 Å². The normalized spacial score (nSPS) is 12.9. The van der Waals surface area contributed by atoms with E-state index in [4.69, 9.17) is 4.74 Å². The summed E-state index contributed by atoms with van der Waals surface area (Å²) in [5, 5.41) is 31.8. The summed E-state index contributed by atoms with van der Waals surface area (Å²) in [7, 11) is -0.0184. The molecule has 8 nitrogen and oxygen atoms in total. The van der Waals surface area contributed by atoms with Crippen molar-refractivity contribution >= 4 is 24.6 Å². The predicted molar refractivity (Wildman–Crippen MR) is 151 cm³/mol. The van der Waals surface area contributed by atoms with Crippen LogP contribution < -0.4 is 15.0 Å². The lowest BCUT2D eigenvalue weighted by molar-refractivity contribution is -0.122. The fraction of sp³-hybridized carbons (Fsp3) is 0.300. The van der Waals surface area contributed by atoms with E-state index in [0.717, 1.165) is 16.8 Å². The molecule has 0 radical (unpaired) electrons. The van der Waals surface area contributed by atoms with E-state index in [-0.39, 0.29) is 30.8 Å². The fourth-order valence-corrected chi connectivity index (χ4v) is 4.30. The number of benzene rings is 3. The van der Waals surface area contributed by atoms with E-state index < -0.39 is 19.0 Å². The Morgan fingerprint density at radius 3 is 2.26 bits per heavy atom. The van der Waals surface area contributed by atoms with Crippen molar-refractivity contribution in [1.82, 2.24) is 5.32 Å². The van der Waals surface area contributed by atoms with Crippen LogP contribution in [0.1, 0.15) is 24.5 Å². The minimum absolute atomic E-state index is 0.0372. The fourth-order valence-electron chi connectivity index (χ4n) is 4.30. The summed E-state index contributed by atoms with van der Waals surface area (Å²) >= 11 is 0. The Kier molecular flexibility index (Phi) is 11.1. The van der Waals surface area contributed by atoms with Gasteiger partial charge in [0.15, 0.2) is 0 Å². The summed E-state index contributed by atoms with van der Waals surface area (Å²) in [6, 6.07) is 28.0. The number of rotatable bonds is 13. The van der Waals surface area contributed by atoms with E-state index in [9.17, 15) is 24.9 Å². The zero-order valence-electron chi connectivity index (χ0n) is 22.2. The van der Waals surface area contributed by atoms with Crippen LogP contribution in [0.5, 0.6) is 5.75 Å². The first-order valence-corrected chi connectivity index (χ1v) is 12.9. The van der Waals surface area contributed by atoms with Gasteiger partial charge in [0.2, 0.25) is 11.8 Å². The Balaban J connectivity index is 1.51. The first-order chi connectivity index (χ1) is 18.8. The number of hydrogen-bond acceptors (Lipinski definition) is 6. The molecular formula is C30H34BN3O5. The minimum Gasteiger partial charge on any atom is -0.493 e. The third-order valence-electron chi connectivity index (χ3n) is 6.51. The highest BCUT2D eigenvalue weighted by Gasteiger charge is 2.29. The quantitative estimate of drug-likeness (QED) is 0.294.